The van der Waals surface area contributed by atoms with Gasteiger partial charge in [0.1, 0.15) is 18.7 Å². The third-order valence-corrected chi connectivity index (χ3v) is 6.03. The summed E-state index contributed by atoms with van der Waals surface area (Å²) in [4.78, 5) is 38.6. The van der Waals surface area contributed by atoms with E-state index >= 15 is 0 Å². The lowest BCUT2D eigenvalue weighted by molar-refractivity contribution is -0.145. The standard InChI is InChI=1S/C29H33BN2O7/c1-36-28(34)26(19-22-14-16-24(17-15-22)30(37-2)38-3)31-27(33)25(18-21-10-6-4-7-11-21)32-29(35)39-20-23-12-8-5-9-13-23/h4-17,25-26H,18-20H2,1-3H3,(H,31,33)(H,32,35)/t25-,26+/m0/s1. The van der Waals surface area contributed by atoms with Gasteiger partial charge in [0, 0.05) is 27.1 Å². The molecular formula is C29H33BN2O7. The Morgan fingerprint density at radius 1 is 0.692 bits per heavy atom. The van der Waals surface area contributed by atoms with Crippen molar-refractivity contribution in [2.75, 3.05) is 21.3 Å². The molecule has 0 radical (unpaired) electrons. The van der Waals surface area contributed by atoms with Gasteiger partial charge in [-0.25, -0.2) is 9.59 Å². The zero-order valence-corrected chi connectivity index (χ0v) is 22.3. The van der Waals surface area contributed by atoms with Crippen LogP contribution in [0.3, 0.4) is 0 Å². The third-order valence-electron chi connectivity index (χ3n) is 6.03. The van der Waals surface area contributed by atoms with Gasteiger partial charge in [0.15, 0.2) is 0 Å². The highest BCUT2D eigenvalue weighted by molar-refractivity contribution is 6.61. The number of ether oxygens (including phenoxy) is 2. The highest BCUT2D eigenvalue weighted by Gasteiger charge is 2.28. The molecule has 0 aromatic heterocycles. The Morgan fingerprint density at radius 2 is 1.23 bits per heavy atom. The van der Waals surface area contributed by atoms with Crippen LogP contribution in [0, 0.1) is 0 Å². The monoisotopic (exact) mass is 532 g/mol. The van der Waals surface area contributed by atoms with E-state index in [4.69, 9.17) is 18.8 Å². The Morgan fingerprint density at radius 3 is 1.79 bits per heavy atom. The first kappa shape index (κ1) is 29.4. The zero-order valence-electron chi connectivity index (χ0n) is 22.3. The van der Waals surface area contributed by atoms with Gasteiger partial charge in [-0.3, -0.25) is 4.79 Å². The second-order valence-electron chi connectivity index (χ2n) is 8.78. The Bertz CT molecular complexity index is 1190. The Labute approximate surface area is 228 Å². The number of carbonyl (C=O) groups excluding carboxylic acids is 3. The van der Waals surface area contributed by atoms with Crippen LogP contribution in [0.5, 0.6) is 0 Å². The van der Waals surface area contributed by atoms with Crippen molar-refractivity contribution in [3.8, 4) is 0 Å². The summed E-state index contributed by atoms with van der Waals surface area (Å²) in [5.74, 6) is -1.15. The van der Waals surface area contributed by atoms with Crippen molar-refractivity contribution >= 4 is 30.6 Å². The van der Waals surface area contributed by atoms with Gasteiger partial charge in [-0.15, -0.1) is 0 Å². The van der Waals surface area contributed by atoms with Gasteiger partial charge in [-0.05, 0) is 22.2 Å². The fraction of sp³-hybridized carbons (Fsp3) is 0.276. The van der Waals surface area contributed by atoms with E-state index in [9.17, 15) is 14.4 Å². The molecule has 3 rings (SSSR count). The number of nitrogens with one attached hydrogen (secondary N) is 2. The summed E-state index contributed by atoms with van der Waals surface area (Å²) >= 11 is 0. The molecule has 0 aliphatic rings. The van der Waals surface area contributed by atoms with Crippen LogP contribution >= 0.6 is 0 Å². The Hall–Kier alpha value is -4.15. The number of methoxy groups -OCH3 is 1. The first-order valence-corrected chi connectivity index (χ1v) is 12.5. The molecule has 9 nitrogen and oxygen atoms in total. The fourth-order valence-corrected chi connectivity index (χ4v) is 3.99. The van der Waals surface area contributed by atoms with Crippen molar-refractivity contribution in [2.24, 2.45) is 0 Å². The summed E-state index contributed by atoms with van der Waals surface area (Å²) in [6, 6.07) is 23.8. The first-order chi connectivity index (χ1) is 18.9. The lowest BCUT2D eigenvalue weighted by atomic mass is 9.78. The predicted molar refractivity (Wildman–Crippen MR) is 147 cm³/mol. The molecule has 0 spiro atoms. The van der Waals surface area contributed by atoms with Crippen LogP contribution in [0.4, 0.5) is 4.79 Å². The van der Waals surface area contributed by atoms with Crippen LogP contribution in [-0.2, 0) is 47.8 Å². The molecule has 0 aliphatic heterocycles. The maximum Gasteiger partial charge on any atom is 0.493 e. The van der Waals surface area contributed by atoms with Crippen LogP contribution in [-0.4, -0.2) is 58.5 Å². The van der Waals surface area contributed by atoms with Gasteiger partial charge >= 0.3 is 19.2 Å². The second kappa shape index (κ2) is 15.3. The fourth-order valence-electron chi connectivity index (χ4n) is 3.99. The molecule has 2 N–H and O–H groups in total. The minimum atomic E-state index is -0.991. The number of carbonyl (C=O) groups is 3. The van der Waals surface area contributed by atoms with Crippen LogP contribution < -0.4 is 16.1 Å². The summed E-state index contributed by atoms with van der Waals surface area (Å²) < 4.78 is 20.8. The van der Waals surface area contributed by atoms with E-state index in [-0.39, 0.29) is 19.4 Å². The summed E-state index contributed by atoms with van der Waals surface area (Å²) in [6.45, 7) is 0.0557. The van der Waals surface area contributed by atoms with E-state index in [1.54, 1.807) is 14.2 Å². The second-order valence-corrected chi connectivity index (χ2v) is 8.78. The topological polar surface area (TPSA) is 112 Å². The lowest BCUT2D eigenvalue weighted by Crippen LogP contribution is -2.53. The highest BCUT2D eigenvalue weighted by Crippen LogP contribution is 2.09. The molecule has 2 amide bonds. The lowest BCUT2D eigenvalue weighted by Gasteiger charge is -2.22. The molecule has 0 unspecified atom stereocenters. The molecule has 0 saturated heterocycles. The number of esters is 1. The minimum Gasteiger partial charge on any atom is -0.467 e. The average Bonchev–Trinajstić information content (AvgIpc) is 2.97. The number of alkyl carbamates (subject to hydrolysis) is 1. The molecule has 2 atom stereocenters. The molecule has 0 aliphatic carbocycles. The Balaban J connectivity index is 1.71. The summed E-state index contributed by atoms with van der Waals surface area (Å²) in [6.07, 6.45) is -0.365. The number of hydrogen-bond donors (Lipinski definition) is 2. The van der Waals surface area contributed by atoms with Gasteiger partial charge in [0.25, 0.3) is 0 Å². The molecule has 3 aromatic rings. The van der Waals surface area contributed by atoms with Crippen molar-refractivity contribution in [1.82, 2.24) is 10.6 Å². The van der Waals surface area contributed by atoms with E-state index in [1.165, 1.54) is 7.11 Å². The molecular weight excluding hydrogens is 499 g/mol. The number of hydrogen-bond acceptors (Lipinski definition) is 7. The number of benzene rings is 3. The van der Waals surface area contributed by atoms with Crippen LogP contribution in [0.25, 0.3) is 0 Å². The van der Waals surface area contributed by atoms with Crippen LogP contribution in [0.1, 0.15) is 16.7 Å². The van der Waals surface area contributed by atoms with Crippen molar-refractivity contribution in [1.29, 1.82) is 0 Å². The van der Waals surface area contributed by atoms with Gasteiger partial charge in [0.05, 0.1) is 7.11 Å². The van der Waals surface area contributed by atoms with Crippen molar-refractivity contribution in [3.05, 3.63) is 102 Å². The van der Waals surface area contributed by atoms with Crippen LogP contribution in [0.15, 0.2) is 84.9 Å². The molecule has 0 fully saturated rings. The molecule has 0 saturated carbocycles. The summed E-state index contributed by atoms with van der Waals surface area (Å²) in [5.41, 5.74) is 3.24. The first-order valence-electron chi connectivity index (χ1n) is 12.5. The van der Waals surface area contributed by atoms with E-state index in [2.05, 4.69) is 10.6 Å². The summed E-state index contributed by atoms with van der Waals surface area (Å²) in [5, 5.41) is 5.38. The maximum atomic E-state index is 13.4. The van der Waals surface area contributed by atoms with Gasteiger partial charge in [-0.2, -0.15) is 0 Å². The quantitative estimate of drug-likeness (QED) is 0.257. The van der Waals surface area contributed by atoms with Crippen molar-refractivity contribution in [3.63, 3.8) is 0 Å². The average molecular weight is 532 g/mol. The maximum absolute atomic E-state index is 13.4. The highest BCUT2D eigenvalue weighted by atomic mass is 16.6. The molecule has 204 valence electrons. The van der Waals surface area contributed by atoms with E-state index in [0.29, 0.717) is 0 Å². The predicted octanol–water partition coefficient (Wildman–Crippen LogP) is 2.41. The molecule has 0 heterocycles. The SMILES string of the molecule is COB(OC)c1ccc(C[C@@H](NC(=O)[C@H](Cc2ccccc2)NC(=O)OCc2ccccc2)C(=O)OC)cc1. The smallest absolute Gasteiger partial charge is 0.467 e. The number of amides is 2. The van der Waals surface area contributed by atoms with Crippen molar-refractivity contribution in [2.45, 2.75) is 31.5 Å². The molecule has 39 heavy (non-hydrogen) atoms. The van der Waals surface area contributed by atoms with Crippen molar-refractivity contribution < 1.29 is 33.2 Å². The van der Waals surface area contributed by atoms with Gasteiger partial charge in [0.2, 0.25) is 5.91 Å². The normalized spacial score (nSPS) is 12.1. The number of rotatable bonds is 13. The summed E-state index contributed by atoms with van der Waals surface area (Å²) in [7, 11) is 3.83. The van der Waals surface area contributed by atoms with Gasteiger partial charge < -0.3 is 29.4 Å². The van der Waals surface area contributed by atoms with E-state index in [0.717, 1.165) is 22.2 Å². The third kappa shape index (κ3) is 9.28. The zero-order chi connectivity index (χ0) is 28.0. The minimum absolute atomic E-state index is 0.0557. The molecule has 3 aromatic carbocycles. The van der Waals surface area contributed by atoms with E-state index in [1.807, 2.05) is 84.9 Å². The Kier molecular flexibility index (Phi) is 11.5. The van der Waals surface area contributed by atoms with E-state index < -0.39 is 37.2 Å². The van der Waals surface area contributed by atoms with Crippen LogP contribution in [0.2, 0.25) is 0 Å². The molecule has 10 heteroatoms. The molecule has 0 bridgehead atoms. The largest absolute Gasteiger partial charge is 0.493 e. The van der Waals surface area contributed by atoms with Gasteiger partial charge in [-0.1, -0.05) is 84.9 Å².